The maximum Gasteiger partial charge on any atom is 0.322 e. The van der Waals surface area contributed by atoms with Crippen LogP contribution in [0.5, 0.6) is 5.75 Å². The van der Waals surface area contributed by atoms with Crippen LogP contribution < -0.4 is 10.5 Å². The summed E-state index contributed by atoms with van der Waals surface area (Å²) in [6, 6.07) is 6.76. The highest BCUT2D eigenvalue weighted by atomic mass is 16.5. The molecule has 1 aromatic heterocycles. The van der Waals surface area contributed by atoms with E-state index >= 15 is 0 Å². The molecule has 2 rings (SSSR count). The Labute approximate surface area is 122 Å². The van der Waals surface area contributed by atoms with Gasteiger partial charge in [0.15, 0.2) is 5.82 Å². The second kappa shape index (κ2) is 6.81. The Balaban J connectivity index is 2.09. The van der Waals surface area contributed by atoms with Gasteiger partial charge in [0.2, 0.25) is 0 Å². The monoisotopic (exact) mass is 287 g/mol. The van der Waals surface area contributed by atoms with E-state index in [4.69, 9.17) is 10.5 Å². The smallest absolute Gasteiger partial charge is 0.322 e. The van der Waals surface area contributed by atoms with Crippen LogP contribution in [0.15, 0.2) is 36.7 Å². The van der Waals surface area contributed by atoms with Crippen LogP contribution in [-0.4, -0.2) is 36.2 Å². The summed E-state index contributed by atoms with van der Waals surface area (Å²) < 4.78 is 9.68. The van der Waals surface area contributed by atoms with Gasteiger partial charge in [0.1, 0.15) is 11.8 Å². The molecule has 21 heavy (non-hydrogen) atoms. The zero-order chi connectivity index (χ0) is 15.2. The molecule has 0 aliphatic rings. The van der Waals surface area contributed by atoms with E-state index in [1.807, 2.05) is 24.3 Å². The van der Waals surface area contributed by atoms with Crippen molar-refractivity contribution in [3.63, 3.8) is 0 Å². The van der Waals surface area contributed by atoms with Gasteiger partial charge in [0.25, 0.3) is 0 Å². The van der Waals surface area contributed by atoms with Gasteiger partial charge in [-0.3, -0.25) is 4.79 Å². The first kappa shape index (κ1) is 14.9. The molecule has 6 heteroatoms. The Morgan fingerprint density at radius 2 is 1.81 bits per heavy atom. The Morgan fingerprint density at radius 3 is 2.33 bits per heavy atom. The molecule has 2 N–H and O–H groups in total. The third-order valence-electron chi connectivity index (χ3n) is 3.01. The van der Waals surface area contributed by atoms with Crippen molar-refractivity contribution in [1.29, 1.82) is 0 Å². The first-order chi connectivity index (χ1) is 10.1. The van der Waals surface area contributed by atoms with E-state index in [-0.39, 0.29) is 0 Å². The van der Waals surface area contributed by atoms with E-state index in [0.29, 0.717) is 12.2 Å². The molecular weight excluding hydrogens is 270 g/mol. The van der Waals surface area contributed by atoms with Gasteiger partial charge in [-0.2, -0.15) is 0 Å². The van der Waals surface area contributed by atoms with Crippen LogP contribution in [-0.2, 0) is 16.0 Å². The van der Waals surface area contributed by atoms with Gasteiger partial charge < -0.3 is 15.2 Å². The van der Waals surface area contributed by atoms with Gasteiger partial charge in [0.05, 0.1) is 14.2 Å². The minimum atomic E-state index is -0.703. The molecule has 1 unspecified atom stereocenters. The number of carbonyl (C=O) groups excluding carboxylic acids is 1. The van der Waals surface area contributed by atoms with Crippen molar-refractivity contribution in [2.24, 2.45) is 5.73 Å². The van der Waals surface area contributed by atoms with Crippen molar-refractivity contribution in [3.8, 4) is 17.1 Å². The number of nitrogens with two attached hydrogens (primary N) is 1. The molecule has 0 aliphatic carbocycles. The highest BCUT2D eigenvalue weighted by molar-refractivity contribution is 5.75. The van der Waals surface area contributed by atoms with Crippen LogP contribution in [0.3, 0.4) is 0 Å². The second-order valence-electron chi connectivity index (χ2n) is 4.48. The minimum Gasteiger partial charge on any atom is -0.497 e. The number of aromatic nitrogens is 2. The Kier molecular flexibility index (Phi) is 4.84. The average Bonchev–Trinajstić information content (AvgIpc) is 2.55. The van der Waals surface area contributed by atoms with Crippen molar-refractivity contribution in [3.05, 3.63) is 42.2 Å². The van der Waals surface area contributed by atoms with Gasteiger partial charge in [0, 0.05) is 24.4 Å². The molecule has 1 aromatic carbocycles. The number of hydrogen-bond donors (Lipinski definition) is 1. The van der Waals surface area contributed by atoms with Gasteiger partial charge in [-0.25, -0.2) is 9.97 Å². The summed E-state index contributed by atoms with van der Waals surface area (Å²) in [4.78, 5) is 19.8. The molecule has 0 amide bonds. The number of methoxy groups -OCH3 is 2. The molecule has 0 aliphatic heterocycles. The summed E-state index contributed by atoms with van der Waals surface area (Å²) in [6.45, 7) is 0. The quantitative estimate of drug-likeness (QED) is 0.831. The lowest BCUT2D eigenvalue weighted by Crippen LogP contribution is -2.33. The van der Waals surface area contributed by atoms with Crippen molar-refractivity contribution in [2.75, 3.05) is 14.2 Å². The topological polar surface area (TPSA) is 87.3 Å². The van der Waals surface area contributed by atoms with Crippen molar-refractivity contribution >= 4 is 5.97 Å². The summed E-state index contributed by atoms with van der Waals surface area (Å²) in [5, 5.41) is 0. The fraction of sp³-hybridized carbons (Fsp3) is 0.267. The zero-order valence-corrected chi connectivity index (χ0v) is 11.9. The summed E-state index contributed by atoms with van der Waals surface area (Å²) in [5.74, 6) is 0.932. The summed E-state index contributed by atoms with van der Waals surface area (Å²) in [6.07, 6.45) is 3.67. The fourth-order valence-electron chi connectivity index (χ4n) is 1.84. The van der Waals surface area contributed by atoms with E-state index in [9.17, 15) is 4.79 Å². The van der Waals surface area contributed by atoms with E-state index in [1.54, 1.807) is 19.5 Å². The molecular formula is C15H17N3O3. The summed E-state index contributed by atoms with van der Waals surface area (Å²) in [7, 11) is 2.93. The summed E-state index contributed by atoms with van der Waals surface area (Å²) >= 11 is 0. The van der Waals surface area contributed by atoms with E-state index in [0.717, 1.165) is 16.9 Å². The lowest BCUT2D eigenvalue weighted by Gasteiger charge is -2.09. The first-order valence-electron chi connectivity index (χ1n) is 6.43. The van der Waals surface area contributed by atoms with Crippen LogP contribution in [0.1, 0.15) is 5.56 Å². The SMILES string of the molecule is COC(=O)C(N)Cc1cnc(-c2ccc(OC)cc2)nc1. The Bertz CT molecular complexity index is 597. The van der Waals surface area contributed by atoms with E-state index in [1.165, 1.54) is 7.11 Å². The fourth-order valence-corrected chi connectivity index (χ4v) is 1.84. The molecule has 0 saturated heterocycles. The average molecular weight is 287 g/mol. The maximum absolute atomic E-state index is 11.3. The van der Waals surface area contributed by atoms with Crippen LogP contribution in [0.2, 0.25) is 0 Å². The molecule has 0 spiro atoms. The Morgan fingerprint density at radius 1 is 1.19 bits per heavy atom. The molecule has 6 nitrogen and oxygen atoms in total. The van der Waals surface area contributed by atoms with Crippen LogP contribution in [0.4, 0.5) is 0 Å². The van der Waals surface area contributed by atoms with E-state index in [2.05, 4.69) is 14.7 Å². The molecule has 110 valence electrons. The predicted octanol–water partition coefficient (Wildman–Crippen LogP) is 1.19. The number of esters is 1. The van der Waals surface area contributed by atoms with Crippen LogP contribution in [0, 0.1) is 0 Å². The van der Waals surface area contributed by atoms with Crippen molar-refractivity contribution in [2.45, 2.75) is 12.5 Å². The third-order valence-corrected chi connectivity index (χ3v) is 3.01. The van der Waals surface area contributed by atoms with Crippen molar-refractivity contribution < 1.29 is 14.3 Å². The second-order valence-corrected chi connectivity index (χ2v) is 4.48. The summed E-state index contributed by atoms with van der Waals surface area (Å²) in [5.41, 5.74) is 7.37. The number of benzene rings is 1. The van der Waals surface area contributed by atoms with Crippen LogP contribution >= 0.6 is 0 Å². The van der Waals surface area contributed by atoms with Gasteiger partial charge >= 0.3 is 5.97 Å². The van der Waals surface area contributed by atoms with Gasteiger partial charge in [-0.15, -0.1) is 0 Å². The number of ether oxygens (including phenoxy) is 2. The zero-order valence-electron chi connectivity index (χ0n) is 11.9. The largest absolute Gasteiger partial charge is 0.497 e. The number of hydrogen-bond acceptors (Lipinski definition) is 6. The van der Waals surface area contributed by atoms with Crippen LogP contribution in [0.25, 0.3) is 11.4 Å². The normalized spacial score (nSPS) is 11.8. The highest BCUT2D eigenvalue weighted by Gasteiger charge is 2.14. The standard InChI is InChI=1S/C15H17N3O3/c1-20-12-5-3-11(4-6-12)14-17-8-10(9-18-14)7-13(16)15(19)21-2/h3-6,8-9,13H,7,16H2,1-2H3. The maximum atomic E-state index is 11.3. The predicted molar refractivity (Wildman–Crippen MR) is 77.7 cm³/mol. The molecule has 0 radical (unpaired) electrons. The highest BCUT2D eigenvalue weighted by Crippen LogP contribution is 2.18. The minimum absolute atomic E-state index is 0.343. The van der Waals surface area contributed by atoms with Gasteiger partial charge in [-0.1, -0.05) is 0 Å². The number of nitrogens with zero attached hydrogens (tertiary/aromatic N) is 2. The molecule has 0 saturated carbocycles. The van der Waals surface area contributed by atoms with Crippen molar-refractivity contribution in [1.82, 2.24) is 9.97 Å². The molecule has 0 fully saturated rings. The molecule has 1 heterocycles. The molecule has 2 aromatic rings. The van der Waals surface area contributed by atoms with Gasteiger partial charge in [-0.05, 0) is 29.8 Å². The van der Waals surface area contributed by atoms with E-state index < -0.39 is 12.0 Å². The number of rotatable bonds is 5. The number of carbonyl (C=O) groups is 1. The molecule has 1 atom stereocenters. The third kappa shape index (κ3) is 3.76. The molecule has 0 bridgehead atoms. The first-order valence-corrected chi connectivity index (χ1v) is 6.43. The lowest BCUT2D eigenvalue weighted by atomic mass is 10.1. The Hall–Kier alpha value is -2.47. The lowest BCUT2D eigenvalue weighted by molar-refractivity contribution is -0.142.